The van der Waals surface area contributed by atoms with Crippen molar-refractivity contribution in [1.82, 2.24) is 10.3 Å². The number of nitrogens with zero attached hydrogens (tertiary/aromatic N) is 2. The number of nitrogens with one attached hydrogen (secondary N) is 1. The molecule has 3 aromatic rings. The topological polar surface area (TPSA) is 71.0 Å². The highest BCUT2D eigenvalue weighted by Gasteiger charge is 2.49. The number of amides is 3. The minimum absolute atomic E-state index is 0.425. The van der Waals surface area contributed by atoms with Crippen molar-refractivity contribution in [2.24, 2.45) is 5.10 Å². The Bertz CT molecular complexity index is 1080. The van der Waals surface area contributed by atoms with E-state index in [4.69, 9.17) is 4.74 Å². The molecule has 0 radical (unpaired) electrons. The number of hydrogen-bond donors (Lipinski definition) is 1. The van der Waals surface area contributed by atoms with Crippen molar-refractivity contribution in [1.29, 1.82) is 0 Å². The second-order valence-corrected chi connectivity index (χ2v) is 7.13. The molecule has 0 aliphatic carbocycles. The van der Waals surface area contributed by atoms with Gasteiger partial charge in [0, 0.05) is 0 Å². The van der Waals surface area contributed by atoms with Crippen LogP contribution >= 0.6 is 0 Å². The van der Waals surface area contributed by atoms with Gasteiger partial charge in [-0.1, -0.05) is 72.8 Å². The molecule has 150 valence electrons. The maximum absolute atomic E-state index is 12.9. The summed E-state index contributed by atoms with van der Waals surface area (Å²) in [5.74, 6) is 0.251. The van der Waals surface area contributed by atoms with Gasteiger partial charge in [0.2, 0.25) is 0 Å². The van der Waals surface area contributed by atoms with Crippen LogP contribution in [0.2, 0.25) is 0 Å². The minimum atomic E-state index is -1.14. The van der Waals surface area contributed by atoms with E-state index in [1.165, 1.54) is 6.21 Å². The highest BCUT2D eigenvalue weighted by molar-refractivity contribution is 6.07. The smallest absolute Gasteiger partial charge is 0.346 e. The number of carbonyl (C=O) groups excluding carboxylic acids is 2. The van der Waals surface area contributed by atoms with Gasteiger partial charge in [-0.15, -0.1) is 5.01 Å². The van der Waals surface area contributed by atoms with E-state index in [1.807, 2.05) is 66.7 Å². The summed E-state index contributed by atoms with van der Waals surface area (Å²) in [6.45, 7) is 2.13. The van der Waals surface area contributed by atoms with Crippen LogP contribution in [0.5, 0.6) is 5.75 Å². The van der Waals surface area contributed by atoms with Gasteiger partial charge >= 0.3 is 6.03 Å². The lowest BCUT2D eigenvalue weighted by Crippen LogP contribution is -2.40. The lowest BCUT2D eigenvalue weighted by Gasteiger charge is -2.20. The quantitative estimate of drug-likeness (QED) is 0.502. The van der Waals surface area contributed by atoms with E-state index >= 15 is 0 Å². The molecule has 6 nitrogen and oxygen atoms in total. The zero-order valence-corrected chi connectivity index (χ0v) is 16.5. The van der Waals surface area contributed by atoms with E-state index < -0.39 is 17.5 Å². The van der Waals surface area contributed by atoms with Gasteiger partial charge in [-0.25, -0.2) is 4.79 Å². The Balaban J connectivity index is 1.47. The predicted molar refractivity (Wildman–Crippen MR) is 114 cm³/mol. The van der Waals surface area contributed by atoms with Crippen molar-refractivity contribution in [2.45, 2.75) is 19.1 Å². The average Bonchev–Trinajstić information content (AvgIpc) is 3.01. The highest BCUT2D eigenvalue weighted by Crippen LogP contribution is 2.28. The maximum Gasteiger partial charge on any atom is 0.346 e. The van der Waals surface area contributed by atoms with Gasteiger partial charge in [0.25, 0.3) is 5.91 Å². The average molecular weight is 399 g/mol. The van der Waals surface area contributed by atoms with E-state index in [-0.39, 0.29) is 0 Å². The van der Waals surface area contributed by atoms with Crippen molar-refractivity contribution in [3.8, 4) is 5.75 Å². The predicted octanol–water partition coefficient (Wildman–Crippen LogP) is 4.07. The number of urea groups is 1. The first-order chi connectivity index (χ1) is 14.6. The number of ether oxygens (including phenoxy) is 1. The van der Waals surface area contributed by atoms with E-state index in [0.29, 0.717) is 17.9 Å². The van der Waals surface area contributed by atoms with Crippen LogP contribution in [-0.2, 0) is 16.9 Å². The molecule has 1 N–H and O–H groups in total. The molecular weight excluding hydrogens is 378 g/mol. The fraction of sp³-hybridized carbons (Fsp3) is 0.125. The fourth-order valence-corrected chi connectivity index (χ4v) is 3.25. The van der Waals surface area contributed by atoms with Crippen LogP contribution in [0.15, 0.2) is 90.0 Å². The Morgan fingerprint density at radius 1 is 0.967 bits per heavy atom. The molecule has 6 heteroatoms. The maximum atomic E-state index is 12.9. The number of benzene rings is 3. The number of hydrazone groups is 1. The minimum Gasteiger partial charge on any atom is -0.489 e. The molecule has 0 bridgehead atoms. The van der Waals surface area contributed by atoms with E-state index in [2.05, 4.69) is 10.4 Å². The van der Waals surface area contributed by atoms with Gasteiger partial charge in [-0.2, -0.15) is 5.10 Å². The molecule has 1 heterocycles. The van der Waals surface area contributed by atoms with Crippen molar-refractivity contribution in [2.75, 3.05) is 0 Å². The largest absolute Gasteiger partial charge is 0.489 e. The molecule has 0 unspecified atom stereocenters. The molecule has 1 atom stereocenters. The lowest BCUT2D eigenvalue weighted by atomic mass is 9.92. The first-order valence-electron chi connectivity index (χ1n) is 9.59. The Morgan fingerprint density at radius 3 is 2.40 bits per heavy atom. The Morgan fingerprint density at radius 2 is 1.67 bits per heavy atom. The fourth-order valence-electron chi connectivity index (χ4n) is 3.25. The van der Waals surface area contributed by atoms with Crippen LogP contribution in [0.1, 0.15) is 23.6 Å². The van der Waals surface area contributed by atoms with Gasteiger partial charge < -0.3 is 10.1 Å². The number of hydrogen-bond acceptors (Lipinski definition) is 4. The van der Waals surface area contributed by atoms with Crippen LogP contribution in [0.3, 0.4) is 0 Å². The summed E-state index contributed by atoms with van der Waals surface area (Å²) >= 11 is 0. The number of rotatable bonds is 6. The second kappa shape index (κ2) is 8.21. The summed E-state index contributed by atoms with van der Waals surface area (Å²) in [7, 11) is 0. The molecule has 1 fully saturated rings. The summed E-state index contributed by atoms with van der Waals surface area (Å²) in [4.78, 5) is 25.3. The van der Waals surface area contributed by atoms with E-state index in [0.717, 1.165) is 16.1 Å². The second-order valence-electron chi connectivity index (χ2n) is 7.13. The summed E-state index contributed by atoms with van der Waals surface area (Å²) in [5, 5.41) is 7.72. The molecule has 0 spiro atoms. The van der Waals surface area contributed by atoms with Crippen LogP contribution in [0, 0.1) is 0 Å². The first-order valence-corrected chi connectivity index (χ1v) is 9.59. The van der Waals surface area contributed by atoms with Crippen LogP contribution in [0.25, 0.3) is 0 Å². The Kier molecular flexibility index (Phi) is 5.30. The van der Waals surface area contributed by atoms with Crippen LogP contribution in [0.4, 0.5) is 4.79 Å². The number of carbonyl (C=O) groups is 2. The summed E-state index contributed by atoms with van der Waals surface area (Å²) < 4.78 is 5.82. The van der Waals surface area contributed by atoms with Gasteiger partial charge in [0.05, 0.1) is 6.21 Å². The third-order valence-electron chi connectivity index (χ3n) is 4.95. The summed E-state index contributed by atoms with van der Waals surface area (Å²) in [5.41, 5.74) is 1.35. The zero-order valence-electron chi connectivity index (χ0n) is 16.5. The lowest BCUT2D eigenvalue weighted by molar-refractivity contribution is -0.131. The monoisotopic (exact) mass is 399 g/mol. The van der Waals surface area contributed by atoms with Crippen LogP contribution < -0.4 is 10.1 Å². The summed E-state index contributed by atoms with van der Waals surface area (Å²) in [6.07, 6.45) is 1.48. The van der Waals surface area contributed by atoms with Crippen LogP contribution in [-0.4, -0.2) is 23.2 Å². The normalized spacial score (nSPS) is 18.6. The highest BCUT2D eigenvalue weighted by atomic mass is 16.5. The molecule has 1 aliphatic heterocycles. The summed E-state index contributed by atoms with van der Waals surface area (Å²) in [6, 6.07) is 25.7. The molecular formula is C24H21N3O3. The Labute approximate surface area is 174 Å². The molecule has 3 amide bonds. The molecule has 0 saturated carbocycles. The van der Waals surface area contributed by atoms with Gasteiger partial charge in [0.1, 0.15) is 17.9 Å². The molecule has 30 heavy (non-hydrogen) atoms. The molecule has 3 aromatic carbocycles. The van der Waals surface area contributed by atoms with Crippen molar-refractivity contribution in [3.63, 3.8) is 0 Å². The van der Waals surface area contributed by atoms with E-state index in [1.54, 1.807) is 25.1 Å². The third-order valence-corrected chi connectivity index (χ3v) is 4.95. The SMILES string of the molecule is C[C@@]1(c2ccccc2)NC(=O)N(/N=C\c2cccc(OCc3ccccc3)c2)C1=O. The number of imide groups is 1. The molecule has 4 rings (SSSR count). The first kappa shape index (κ1) is 19.4. The van der Waals surface area contributed by atoms with Gasteiger partial charge in [-0.05, 0) is 35.7 Å². The third kappa shape index (κ3) is 3.93. The van der Waals surface area contributed by atoms with Crippen molar-refractivity contribution in [3.05, 3.63) is 102 Å². The molecule has 1 saturated heterocycles. The zero-order chi connectivity index (χ0) is 21.0. The standard InChI is InChI=1S/C24H21N3O3/c1-24(20-12-6-3-7-13-20)22(28)27(23(29)26-24)25-16-19-11-8-14-21(15-19)30-17-18-9-4-2-5-10-18/h2-16H,17H2,1H3,(H,26,29)/b25-16-/t24-/m0/s1. The van der Waals surface area contributed by atoms with Crippen molar-refractivity contribution < 1.29 is 14.3 Å². The van der Waals surface area contributed by atoms with E-state index in [9.17, 15) is 9.59 Å². The Hall–Kier alpha value is -3.93. The van der Waals surface area contributed by atoms with Gasteiger partial charge in [0.15, 0.2) is 0 Å². The molecule has 1 aliphatic rings. The molecule has 0 aromatic heterocycles. The van der Waals surface area contributed by atoms with Gasteiger partial charge in [-0.3, -0.25) is 4.79 Å². The van der Waals surface area contributed by atoms with Crippen molar-refractivity contribution >= 4 is 18.2 Å².